The van der Waals surface area contributed by atoms with E-state index < -0.39 is 11.2 Å². The van der Waals surface area contributed by atoms with E-state index in [0.717, 1.165) is 39.1 Å². The standard InChI is InChI=1S/C20H19N3O3S/c1-13-6-7-17-14(10-13)4-2-8-22(17)18(24)16-11-21-20(26)23(19(16)25)12-15-5-3-9-27-15/h3,5-7,9-11H,2,4,8,12H2,1H3,(H,21,26). The second-order valence-electron chi connectivity index (χ2n) is 6.67. The molecule has 1 amide bonds. The molecule has 0 spiro atoms. The molecule has 2 aromatic heterocycles. The van der Waals surface area contributed by atoms with E-state index in [-0.39, 0.29) is 18.0 Å². The van der Waals surface area contributed by atoms with Crippen LogP contribution in [0.25, 0.3) is 0 Å². The van der Waals surface area contributed by atoms with Crippen molar-refractivity contribution in [3.05, 3.63) is 84.3 Å². The maximum absolute atomic E-state index is 13.1. The molecule has 3 heterocycles. The van der Waals surface area contributed by atoms with E-state index in [1.54, 1.807) is 4.90 Å². The minimum absolute atomic E-state index is 0.0143. The molecule has 138 valence electrons. The lowest BCUT2D eigenvalue weighted by Crippen LogP contribution is -2.43. The molecule has 0 bridgehead atoms. The van der Waals surface area contributed by atoms with Crippen molar-refractivity contribution in [3.63, 3.8) is 0 Å². The highest BCUT2D eigenvalue weighted by Crippen LogP contribution is 2.28. The van der Waals surface area contributed by atoms with Crippen molar-refractivity contribution < 1.29 is 4.79 Å². The first-order valence-corrected chi connectivity index (χ1v) is 9.69. The zero-order valence-electron chi connectivity index (χ0n) is 14.9. The van der Waals surface area contributed by atoms with Crippen molar-refractivity contribution in [1.82, 2.24) is 9.55 Å². The minimum atomic E-state index is -0.559. The van der Waals surface area contributed by atoms with Gasteiger partial charge in [-0.05, 0) is 42.8 Å². The summed E-state index contributed by atoms with van der Waals surface area (Å²) in [6.07, 6.45) is 2.99. The van der Waals surface area contributed by atoms with Crippen molar-refractivity contribution in [3.8, 4) is 0 Å². The number of aromatic amines is 1. The second-order valence-corrected chi connectivity index (χ2v) is 7.70. The number of hydrogen-bond donors (Lipinski definition) is 1. The van der Waals surface area contributed by atoms with Gasteiger partial charge in [0, 0.05) is 23.3 Å². The zero-order chi connectivity index (χ0) is 19.0. The number of hydrogen-bond acceptors (Lipinski definition) is 4. The topological polar surface area (TPSA) is 75.2 Å². The Kier molecular flexibility index (Phi) is 4.53. The fourth-order valence-electron chi connectivity index (χ4n) is 3.45. The normalized spacial score (nSPS) is 13.4. The van der Waals surface area contributed by atoms with E-state index in [0.29, 0.717) is 6.54 Å². The Labute approximate surface area is 159 Å². The van der Waals surface area contributed by atoms with Gasteiger partial charge in [-0.3, -0.25) is 14.2 Å². The highest BCUT2D eigenvalue weighted by molar-refractivity contribution is 7.09. The molecule has 0 fully saturated rings. The van der Waals surface area contributed by atoms with E-state index in [9.17, 15) is 14.4 Å². The lowest BCUT2D eigenvalue weighted by molar-refractivity contribution is 0.0982. The van der Waals surface area contributed by atoms with Gasteiger partial charge in [0.25, 0.3) is 11.5 Å². The van der Waals surface area contributed by atoms with Crippen LogP contribution >= 0.6 is 11.3 Å². The summed E-state index contributed by atoms with van der Waals surface area (Å²) in [6, 6.07) is 9.69. The third-order valence-corrected chi connectivity index (χ3v) is 5.65. The number of aryl methyl sites for hydroxylation is 2. The number of rotatable bonds is 3. The molecule has 0 radical (unpaired) electrons. The van der Waals surface area contributed by atoms with E-state index in [1.807, 2.05) is 36.6 Å². The van der Waals surface area contributed by atoms with E-state index in [1.165, 1.54) is 17.5 Å². The van der Waals surface area contributed by atoms with Crippen LogP contribution in [0.3, 0.4) is 0 Å². The molecule has 0 unspecified atom stereocenters. The average Bonchev–Trinajstić information content (AvgIpc) is 3.17. The summed E-state index contributed by atoms with van der Waals surface area (Å²) in [5.41, 5.74) is 2.01. The van der Waals surface area contributed by atoms with Crippen molar-refractivity contribution in [2.45, 2.75) is 26.3 Å². The number of aromatic nitrogens is 2. The first kappa shape index (κ1) is 17.5. The van der Waals surface area contributed by atoms with Gasteiger partial charge in [-0.1, -0.05) is 23.8 Å². The largest absolute Gasteiger partial charge is 0.328 e. The van der Waals surface area contributed by atoms with Gasteiger partial charge in [-0.15, -0.1) is 11.3 Å². The summed E-state index contributed by atoms with van der Waals surface area (Å²) < 4.78 is 1.08. The summed E-state index contributed by atoms with van der Waals surface area (Å²) in [4.78, 5) is 43.2. The Morgan fingerprint density at radius 3 is 2.89 bits per heavy atom. The number of H-pyrrole nitrogens is 1. The monoisotopic (exact) mass is 381 g/mol. The molecular weight excluding hydrogens is 362 g/mol. The lowest BCUT2D eigenvalue weighted by atomic mass is 9.99. The quantitative estimate of drug-likeness (QED) is 0.758. The fraction of sp³-hybridized carbons (Fsp3) is 0.250. The molecule has 1 aliphatic heterocycles. The summed E-state index contributed by atoms with van der Waals surface area (Å²) in [7, 11) is 0. The Bertz CT molecular complexity index is 1110. The van der Waals surface area contributed by atoms with Crippen LogP contribution in [0.1, 0.15) is 32.8 Å². The molecule has 4 rings (SSSR count). The number of fused-ring (bicyclic) bond motifs is 1. The molecule has 6 nitrogen and oxygen atoms in total. The van der Waals surface area contributed by atoms with Crippen LogP contribution in [-0.2, 0) is 13.0 Å². The number of carbonyl (C=O) groups excluding carboxylic acids is 1. The van der Waals surface area contributed by atoms with Crippen molar-refractivity contribution >= 4 is 22.9 Å². The van der Waals surface area contributed by atoms with Gasteiger partial charge < -0.3 is 9.88 Å². The number of carbonyl (C=O) groups is 1. The number of amides is 1. The van der Waals surface area contributed by atoms with Crippen LogP contribution in [0.5, 0.6) is 0 Å². The Balaban J connectivity index is 1.73. The predicted molar refractivity (Wildman–Crippen MR) is 106 cm³/mol. The third kappa shape index (κ3) is 3.26. The van der Waals surface area contributed by atoms with E-state index >= 15 is 0 Å². The summed E-state index contributed by atoms with van der Waals surface area (Å²) in [5, 5.41) is 1.89. The Morgan fingerprint density at radius 2 is 2.11 bits per heavy atom. The molecule has 0 saturated heterocycles. The van der Waals surface area contributed by atoms with Crippen LogP contribution in [0, 0.1) is 6.92 Å². The maximum atomic E-state index is 13.1. The van der Waals surface area contributed by atoms with E-state index in [4.69, 9.17) is 0 Å². The van der Waals surface area contributed by atoms with Crippen LogP contribution in [0.4, 0.5) is 5.69 Å². The SMILES string of the molecule is Cc1ccc2c(c1)CCCN2C(=O)c1c[nH]c(=O)n(Cc2cccs2)c1=O. The lowest BCUT2D eigenvalue weighted by Gasteiger charge is -2.29. The van der Waals surface area contributed by atoms with Gasteiger partial charge in [0.15, 0.2) is 0 Å². The summed E-state index contributed by atoms with van der Waals surface area (Å²) in [6.45, 7) is 2.73. The second kappa shape index (κ2) is 7.00. The van der Waals surface area contributed by atoms with E-state index in [2.05, 4.69) is 11.1 Å². The molecule has 0 atom stereocenters. The first-order valence-electron chi connectivity index (χ1n) is 8.81. The molecule has 0 saturated carbocycles. The molecule has 1 aromatic carbocycles. The Hall–Kier alpha value is -2.93. The molecule has 7 heteroatoms. The van der Waals surface area contributed by atoms with Crippen molar-refractivity contribution in [2.24, 2.45) is 0 Å². The molecule has 1 N–H and O–H groups in total. The maximum Gasteiger partial charge on any atom is 0.328 e. The van der Waals surface area contributed by atoms with Gasteiger partial charge in [-0.2, -0.15) is 0 Å². The Morgan fingerprint density at radius 1 is 1.26 bits per heavy atom. The van der Waals surface area contributed by atoms with Crippen LogP contribution < -0.4 is 16.1 Å². The van der Waals surface area contributed by atoms with Crippen molar-refractivity contribution in [1.29, 1.82) is 0 Å². The smallest absolute Gasteiger partial charge is 0.313 e. The fourth-order valence-corrected chi connectivity index (χ4v) is 4.14. The van der Waals surface area contributed by atoms with Crippen molar-refractivity contribution in [2.75, 3.05) is 11.4 Å². The highest BCUT2D eigenvalue weighted by Gasteiger charge is 2.26. The van der Waals surface area contributed by atoms with Gasteiger partial charge >= 0.3 is 5.69 Å². The van der Waals surface area contributed by atoms with Crippen LogP contribution in [-0.4, -0.2) is 22.0 Å². The molecule has 3 aromatic rings. The molecule has 1 aliphatic rings. The molecule has 0 aliphatic carbocycles. The molecular formula is C20H19N3O3S. The predicted octanol–water partition coefficient (Wildman–Crippen LogP) is 2.55. The van der Waals surface area contributed by atoms with Gasteiger partial charge in [0.1, 0.15) is 5.56 Å². The summed E-state index contributed by atoms with van der Waals surface area (Å²) >= 11 is 1.46. The number of benzene rings is 1. The minimum Gasteiger partial charge on any atom is -0.313 e. The zero-order valence-corrected chi connectivity index (χ0v) is 15.7. The average molecular weight is 381 g/mol. The first-order chi connectivity index (χ1) is 13.0. The molecule has 27 heavy (non-hydrogen) atoms. The van der Waals surface area contributed by atoms with Crippen LogP contribution in [0.2, 0.25) is 0 Å². The van der Waals surface area contributed by atoms with Gasteiger partial charge in [-0.25, -0.2) is 4.79 Å². The summed E-state index contributed by atoms with van der Waals surface area (Å²) in [5.74, 6) is -0.374. The number of thiophene rings is 1. The van der Waals surface area contributed by atoms with Gasteiger partial charge in [0.2, 0.25) is 0 Å². The highest BCUT2D eigenvalue weighted by atomic mass is 32.1. The third-order valence-electron chi connectivity index (χ3n) is 4.78. The number of anilines is 1. The van der Waals surface area contributed by atoms with Crippen LogP contribution in [0.15, 0.2) is 51.5 Å². The van der Waals surface area contributed by atoms with Gasteiger partial charge in [0.05, 0.1) is 6.54 Å². The number of nitrogens with zero attached hydrogens (tertiary/aromatic N) is 2. The number of nitrogens with one attached hydrogen (secondary N) is 1.